The molecule has 2 rings (SSSR count). The van der Waals surface area contributed by atoms with Crippen LogP contribution >= 0.6 is 28.3 Å². The Labute approximate surface area is 110 Å². The standard InChI is InChI=1S/C11H14BrFN2.ClH/c1-7-4-8(12)5-9(11(7)13)10-6-14-2-3-15-10;/h4-5,10,14-15H,2-3,6H2,1H3;1H/t10-;/m0./s1. The minimum absolute atomic E-state index is 0. The summed E-state index contributed by atoms with van der Waals surface area (Å²) >= 11 is 3.40. The Hall–Kier alpha value is -0.160. The highest BCUT2D eigenvalue weighted by atomic mass is 79.9. The quantitative estimate of drug-likeness (QED) is 0.833. The maximum Gasteiger partial charge on any atom is 0.131 e. The van der Waals surface area contributed by atoms with Gasteiger partial charge in [-0.2, -0.15) is 0 Å². The van der Waals surface area contributed by atoms with Crippen LogP contribution in [0.1, 0.15) is 17.2 Å². The second kappa shape index (κ2) is 5.96. The van der Waals surface area contributed by atoms with Gasteiger partial charge >= 0.3 is 0 Å². The lowest BCUT2D eigenvalue weighted by molar-refractivity contribution is 0.416. The van der Waals surface area contributed by atoms with Gasteiger partial charge in [0.15, 0.2) is 0 Å². The van der Waals surface area contributed by atoms with Crippen LogP contribution in [0.5, 0.6) is 0 Å². The second-order valence-electron chi connectivity index (χ2n) is 3.84. The van der Waals surface area contributed by atoms with Crippen LogP contribution in [0.15, 0.2) is 16.6 Å². The second-order valence-corrected chi connectivity index (χ2v) is 4.75. The van der Waals surface area contributed by atoms with Crippen LogP contribution in [0.3, 0.4) is 0 Å². The average Bonchev–Trinajstić information content (AvgIpc) is 2.24. The van der Waals surface area contributed by atoms with Crippen molar-refractivity contribution in [2.75, 3.05) is 19.6 Å². The highest BCUT2D eigenvalue weighted by Crippen LogP contribution is 2.25. The number of piperazine rings is 1. The number of hydrogen-bond acceptors (Lipinski definition) is 2. The summed E-state index contributed by atoms with van der Waals surface area (Å²) < 4.78 is 14.8. The molecule has 1 aliphatic heterocycles. The number of aryl methyl sites for hydroxylation is 1. The molecule has 16 heavy (non-hydrogen) atoms. The molecule has 1 aromatic rings. The van der Waals surface area contributed by atoms with Crippen molar-refractivity contribution >= 4 is 28.3 Å². The molecule has 1 heterocycles. The van der Waals surface area contributed by atoms with E-state index in [2.05, 4.69) is 26.6 Å². The van der Waals surface area contributed by atoms with Crippen LogP contribution < -0.4 is 10.6 Å². The minimum Gasteiger partial charge on any atom is -0.314 e. The molecular weight excluding hydrogens is 294 g/mol. The van der Waals surface area contributed by atoms with E-state index in [0.717, 1.165) is 29.7 Å². The maximum absolute atomic E-state index is 13.9. The first-order chi connectivity index (χ1) is 7.18. The largest absolute Gasteiger partial charge is 0.314 e. The lowest BCUT2D eigenvalue weighted by Crippen LogP contribution is -2.43. The zero-order chi connectivity index (χ0) is 10.8. The molecule has 90 valence electrons. The van der Waals surface area contributed by atoms with Crippen molar-refractivity contribution in [2.45, 2.75) is 13.0 Å². The molecule has 1 atom stereocenters. The fourth-order valence-corrected chi connectivity index (χ4v) is 2.47. The Bertz CT molecular complexity index is 367. The Balaban J connectivity index is 0.00000128. The predicted molar refractivity (Wildman–Crippen MR) is 69.7 cm³/mol. The summed E-state index contributed by atoms with van der Waals surface area (Å²) in [6.45, 7) is 4.41. The molecule has 0 spiro atoms. The normalized spacial score (nSPS) is 20.3. The maximum atomic E-state index is 13.9. The summed E-state index contributed by atoms with van der Waals surface area (Å²) in [5.74, 6) is -0.0978. The van der Waals surface area contributed by atoms with Crippen molar-refractivity contribution < 1.29 is 4.39 Å². The first kappa shape index (κ1) is 13.9. The monoisotopic (exact) mass is 308 g/mol. The van der Waals surface area contributed by atoms with Crippen molar-refractivity contribution in [2.24, 2.45) is 0 Å². The van der Waals surface area contributed by atoms with E-state index in [-0.39, 0.29) is 24.3 Å². The van der Waals surface area contributed by atoms with E-state index in [1.54, 1.807) is 13.0 Å². The summed E-state index contributed by atoms with van der Waals surface area (Å²) in [6, 6.07) is 3.73. The Morgan fingerprint density at radius 3 is 2.75 bits per heavy atom. The Kier molecular flexibility index (Phi) is 5.18. The van der Waals surface area contributed by atoms with E-state index in [1.165, 1.54) is 0 Å². The summed E-state index contributed by atoms with van der Waals surface area (Å²) in [4.78, 5) is 0. The summed E-state index contributed by atoms with van der Waals surface area (Å²) in [5, 5.41) is 6.56. The number of benzene rings is 1. The van der Waals surface area contributed by atoms with E-state index in [4.69, 9.17) is 0 Å². The minimum atomic E-state index is -0.0978. The topological polar surface area (TPSA) is 24.1 Å². The van der Waals surface area contributed by atoms with Gasteiger partial charge in [-0.05, 0) is 24.6 Å². The third kappa shape index (κ3) is 2.94. The zero-order valence-electron chi connectivity index (χ0n) is 9.02. The Morgan fingerprint density at radius 1 is 1.38 bits per heavy atom. The Morgan fingerprint density at radius 2 is 2.12 bits per heavy atom. The van der Waals surface area contributed by atoms with Crippen LogP contribution in [-0.2, 0) is 0 Å². The highest BCUT2D eigenvalue weighted by Gasteiger charge is 2.19. The fourth-order valence-electron chi connectivity index (χ4n) is 1.88. The molecule has 0 saturated carbocycles. The van der Waals surface area contributed by atoms with Crippen molar-refractivity contribution in [1.29, 1.82) is 0 Å². The molecule has 1 fully saturated rings. The lowest BCUT2D eigenvalue weighted by atomic mass is 10.0. The summed E-state index contributed by atoms with van der Waals surface area (Å²) in [7, 11) is 0. The van der Waals surface area contributed by atoms with Gasteiger partial charge < -0.3 is 10.6 Å². The van der Waals surface area contributed by atoms with Crippen LogP contribution in [0, 0.1) is 12.7 Å². The highest BCUT2D eigenvalue weighted by molar-refractivity contribution is 9.10. The molecule has 2 nitrogen and oxygen atoms in total. The number of nitrogens with one attached hydrogen (secondary N) is 2. The van der Waals surface area contributed by atoms with Crippen molar-refractivity contribution in [3.05, 3.63) is 33.5 Å². The van der Waals surface area contributed by atoms with Crippen molar-refractivity contribution in [1.82, 2.24) is 10.6 Å². The van der Waals surface area contributed by atoms with Crippen LogP contribution in [0.4, 0.5) is 4.39 Å². The third-order valence-electron chi connectivity index (χ3n) is 2.66. The fraction of sp³-hybridized carbons (Fsp3) is 0.455. The van der Waals surface area contributed by atoms with Gasteiger partial charge in [-0.1, -0.05) is 15.9 Å². The van der Waals surface area contributed by atoms with Gasteiger partial charge in [0.1, 0.15) is 5.82 Å². The first-order valence-corrected chi connectivity index (χ1v) is 5.87. The molecule has 0 radical (unpaired) electrons. The smallest absolute Gasteiger partial charge is 0.131 e. The molecule has 0 aliphatic carbocycles. The van der Waals surface area contributed by atoms with Gasteiger partial charge in [0.2, 0.25) is 0 Å². The molecule has 0 amide bonds. The third-order valence-corrected chi connectivity index (χ3v) is 3.12. The molecule has 1 aromatic carbocycles. The summed E-state index contributed by atoms with van der Waals surface area (Å²) in [6.07, 6.45) is 0. The number of halogens is 3. The van der Waals surface area contributed by atoms with Crippen LogP contribution in [-0.4, -0.2) is 19.6 Å². The van der Waals surface area contributed by atoms with Gasteiger partial charge in [0, 0.05) is 35.7 Å². The molecule has 1 aliphatic rings. The average molecular weight is 310 g/mol. The molecule has 2 N–H and O–H groups in total. The van der Waals surface area contributed by atoms with Gasteiger partial charge in [0.25, 0.3) is 0 Å². The van der Waals surface area contributed by atoms with E-state index < -0.39 is 0 Å². The number of rotatable bonds is 1. The molecular formula is C11H15BrClFN2. The molecule has 0 bridgehead atoms. The van der Waals surface area contributed by atoms with Crippen LogP contribution in [0.25, 0.3) is 0 Å². The summed E-state index contributed by atoms with van der Waals surface area (Å²) in [5.41, 5.74) is 1.43. The van der Waals surface area contributed by atoms with E-state index in [0.29, 0.717) is 5.56 Å². The SMILES string of the molecule is Cc1cc(Br)cc([C@@H]2CNCCN2)c1F.Cl. The molecule has 0 aromatic heterocycles. The van der Waals surface area contributed by atoms with Gasteiger partial charge in [0.05, 0.1) is 0 Å². The van der Waals surface area contributed by atoms with Crippen LogP contribution in [0.2, 0.25) is 0 Å². The molecule has 0 unspecified atom stereocenters. The lowest BCUT2D eigenvalue weighted by Gasteiger charge is -2.25. The molecule has 1 saturated heterocycles. The first-order valence-electron chi connectivity index (χ1n) is 5.08. The van der Waals surface area contributed by atoms with E-state index in [9.17, 15) is 4.39 Å². The van der Waals surface area contributed by atoms with Crippen molar-refractivity contribution in [3.63, 3.8) is 0 Å². The predicted octanol–water partition coefficient (Wildman–Crippen LogP) is 2.55. The zero-order valence-corrected chi connectivity index (χ0v) is 11.4. The van der Waals surface area contributed by atoms with Gasteiger partial charge in [-0.15, -0.1) is 12.4 Å². The number of hydrogen-bond donors (Lipinski definition) is 2. The van der Waals surface area contributed by atoms with Crippen molar-refractivity contribution in [3.8, 4) is 0 Å². The van der Waals surface area contributed by atoms with E-state index >= 15 is 0 Å². The molecule has 5 heteroatoms. The van der Waals surface area contributed by atoms with Gasteiger partial charge in [-0.3, -0.25) is 0 Å². The van der Waals surface area contributed by atoms with E-state index in [1.807, 2.05) is 6.07 Å². The van der Waals surface area contributed by atoms with Gasteiger partial charge in [-0.25, -0.2) is 4.39 Å².